The number of thiophene rings is 1. The van der Waals surface area contributed by atoms with Crippen molar-refractivity contribution in [3.63, 3.8) is 0 Å². The zero-order chi connectivity index (χ0) is 15.4. The number of anilines is 1. The molecule has 22 heavy (non-hydrogen) atoms. The molecular weight excluding hydrogens is 300 g/mol. The molecule has 3 rings (SSSR count). The molecule has 1 aliphatic heterocycles. The standard InChI is InChI=1S/C15H20N4O2S/c1-2-11-9-12-14(17-10-18-15(12)22-11)16-4-3-13(20)19-5-7-21-8-6-19/h9-10H,2-8H2,1H3,(H,16,17,18). The van der Waals surface area contributed by atoms with Crippen molar-refractivity contribution in [3.05, 3.63) is 17.3 Å². The summed E-state index contributed by atoms with van der Waals surface area (Å²) in [5, 5.41) is 4.32. The van der Waals surface area contributed by atoms with Crippen LogP contribution in [0.15, 0.2) is 12.4 Å². The molecule has 1 N–H and O–H groups in total. The molecule has 0 atom stereocenters. The third-order valence-corrected chi connectivity index (χ3v) is 4.91. The number of rotatable bonds is 5. The Morgan fingerprint density at radius 2 is 2.23 bits per heavy atom. The van der Waals surface area contributed by atoms with Gasteiger partial charge in [-0.25, -0.2) is 9.97 Å². The van der Waals surface area contributed by atoms with E-state index in [1.54, 1.807) is 17.7 Å². The van der Waals surface area contributed by atoms with Crippen molar-refractivity contribution in [2.24, 2.45) is 0 Å². The zero-order valence-corrected chi connectivity index (χ0v) is 13.5. The summed E-state index contributed by atoms with van der Waals surface area (Å²) in [5.41, 5.74) is 0. The molecule has 3 heterocycles. The lowest BCUT2D eigenvalue weighted by Gasteiger charge is -2.26. The number of nitrogens with zero attached hydrogens (tertiary/aromatic N) is 3. The maximum atomic E-state index is 12.1. The smallest absolute Gasteiger partial charge is 0.224 e. The van der Waals surface area contributed by atoms with Crippen molar-refractivity contribution in [1.29, 1.82) is 0 Å². The first kappa shape index (κ1) is 15.2. The SMILES string of the molecule is CCc1cc2c(NCCC(=O)N3CCOCC3)ncnc2s1. The van der Waals surface area contributed by atoms with Gasteiger partial charge in [0.25, 0.3) is 0 Å². The van der Waals surface area contributed by atoms with Gasteiger partial charge >= 0.3 is 0 Å². The number of morpholine rings is 1. The quantitative estimate of drug-likeness (QED) is 0.911. The average Bonchev–Trinajstić information content (AvgIpc) is 2.99. The summed E-state index contributed by atoms with van der Waals surface area (Å²) < 4.78 is 5.26. The molecule has 0 aliphatic carbocycles. The van der Waals surface area contributed by atoms with Gasteiger partial charge in [-0.05, 0) is 12.5 Å². The van der Waals surface area contributed by atoms with E-state index >= 15 is 0 Å². The summed E-state index contributed by atoms with van der Waals surface area (Å²) in [4.78, 5) is 24.9. The Balaban J connectivity index is 1.59. The van der Waals surface area contributed by atoms with Gasteiger partial charge in [0.05, 0.1) is 18.6 Å². The van der Waals surface area contributed by atoms with Crippen molar-refractivity contribution in [2.75, 3.05) is 38.2 Å². The number of ether oxygens (including phenoxy) is 1. The predicted molar refractivity (Wildman–Crippen MR) is 87.3 cm³/mol. The van der Waals surface area contributed by atoms with E-state index in [9.17, 15) is 4.79 Å². The van der Waals surface area contributed by atoms with Gasteiger partial charge in [-0.3, -0.25) is 4.79 Å². The molecule has 0 spiro atoms. The van der Waals surface area contributed by atoms with Crippen LogP contribution in [0.3, 0.4) is 0 Å². The van der Waals surface area contributed by atoms with Crippen molar-refractivity contribution in [3.8, 4) is 0 Å². The Morgan fingerprint density at radius 1 is 1.41 bits per heavy atom. The lowest BCUT2D eigenvalue weighted by molar-refractivity contribution is -0.134. The number of fused-ring (bicyclic) bond motifs is 1. The minimum Gasteiger partial charge on any atom is -0.378 e. The average molecular weight is 320 g/mol. The Bertz CT molecular complexity index is 652. The topological polar surface area (TPSA) is 67.4 Å². The number of carbonyl (C=O) groups is 1. The second kappa shape index (κ2) is 7.02. The highest BCUT2D eigenvalue weighted by Gasteiger charge is 2.16. The van der Waals surface area contributed by atoms with Crippen molar-refractivity contribution in [2.45, 2.75) is 19.8 Å². The number of hydrogen-bond donors (Lipinski definition) is 1. The third-order valence-electron chi connectivity index (χ3n) is 3.72. The number of aryl methyl sites for hydroxylation is 1. The Hall–Kier alpha value is -1.73. The largest absolute Gasteiger partial charge is 0.378 e. The van der Waals surface area contributed by atoms with Crippen molar-refractivity contribution >= 4 is 33.3 Å². The van der Waals surface area contributed by atoms with Gasteiger partial charge in [-0.2, -0.15) is 0 Å². The first-order valence-corrected chi connectivity index (χ1v) is 8.42. The van der Waals surface area contributed by atoms with E-state index in [4.69, 9.17) is 4.74 Å². The number of nitrogens with one attached hydrogen (secondary N) is 1. The minimum atomic E-state index is 0.167. The van der Waals surface area contributed by atoms with Crippen LogP contribution in [0.4, 0.5) is 5.82 Å². The molecule has 2 aromatic heterocycles. The second-order valence-electron chi connectivity index (χ2n) is 5.18. The molecule has 1 amide bonds. The molecule has 0 unspecified atom stereocenters. The zero-order valence-electron chi connectivity index (χ0n) is 12.7. The van der Waals surface area contributed by atoms with Crippen molar-refractivity contribution in [1.82, 2.24) is 14.9 Å². The number of carbonyl (C=O) groups excluding carboxylic acids is 1. The number of aromatic nitrogens is 2. The van der Waals surface area contributed by atoms with E-state index < -0.39 is 0 Å². The highest BCUT2D eigenvalue weighted by Crippen LogP contribution is 2.28. The lowest BCUT2D eigenvalue weighted by atomic mass is 10.3. The molecule has 0 bridgehead atoms. The van der Waals surface area contributed by atoms with Crippen LogP contribution in [0.25, 0.3) is 10.2 Å². The number of amides is 1. The summed E-state index contributed by atoms with van der Waals surface area (Å²) in [7, 11) is 0. The third kappa shape index (κ3) is 3.36. The minimum absolute atomic E-state index is 0.167. The van der Waals surface area contributed by atoms with Gasteiger partial charge < -0.3 is 15.0 Å². The molecule has 0 aromatic carbocycles. The van der Waals surface area contributed by atoms with E-state index in [-0.39, 0.29) is 5.91 Å². The number of hydrogen-bond acceptors (Lipinski definition) is 6. The van der Waals surface area contributed by atoms with Gasteiger partial charge in [-0.1, -0.05) is 6.92 Å². The van der Waals surface area contributed by atoms with Crippen LogP contribution in [0, 0.1) is 0 Å². The van der Waals surface area contributed by atoms with Crippen LogP contribution in [0.5, 0.6) is 0 Å². The second-order valence-corrected chi connectivity index (χ2v) is 6.29. The van der Waals surface area contributed by atoms with Gasteiger partial charge in [0.2, 0.25) is 5.91 Å². The van der Waals surface area contributed by atoms with Crippen LogP contribution in [-0.2, 0) is 16.0 Å². The molecule has 6 nitrogen and oxygen atoms in total. The predicted octanol–water partition coefficient (Wildman–Crippen LogP) is 1.91. The molecule has 7 heteroatoms. The van der Waals surface area contributed by atoms with Gasteiger partial charge in [0, 0.05) is 30.9 Å². The summed E-state index contributed by atoms with van der Waals surface area (Å²) in [6.45, 7) is 5.38. The monoisotopic (exact) mass is 320 g/mol. The van der Waals surface area contributed by atoms with E-state index in [1.807, 2.05) is 4.90 Å². The van der Waals surface area contributed by atoms with Gasteiger partial charge in [-0.15, -0.1) is 11.3 Å². The maximum absolute atomic E-state index is 12.1. The summed E-state index contributed by atoms with van der Waals surface area (Å²) in [5.74, 6) is 0.983. The van der Waals surface area contributed by atoms with Crippen LogP contribution >= 0.6 is 11.3 Å². The van der Waals surface area contributed by atoms with Crippen LogP contribution in [-0.4, -0.2) is 53.6 Å². The molecule has 118 valence electrons. The fraction of sp³-hybridized carbons (Fsp3) is 0.533. The Labute approximate surface area is 133 Å². The molecular formula is C15H20N4O2S. The van der Waals surface area contributed by atoms with Crippen LogP contribution in [0.2, 0.25) is 0 Å². The van der Waals surface area contributed by atoms with E-state index in [0.717, 1.165) is 22.5 Å². The fourth-order valence-corrected chi connectivity index (χ4v) is 3.41. The van der Waals surface area contributed by atoms with E-state index in [0.29, 0.717) is 39.3 Å². The van der Waals surface area contributed by atoms with Gasteiger partial charge in [0.1, 0.15) is 17.0 Å². The molecule has 1 aliphatic rings. The first-order chi connectivity index (χ1) is 10.8. The Kier molecular flexibility index (Phi) is 4.84. The normalized spacial score (nSPS) is 15.2. The van der Waals surface area contributed by atoms with E-state index in [1.165, 1.54) is 4.88 Å². The summed E-state index contributed by atoms with van der Waals surface area (Å²) in [6, 6.07) is 2.13. The fourth-order valence-electron chi connectivity index (χ4n) is 2.48. The van der Waals surface area contributed by atoms with Gasteiger partial charge in [0.15, 0.2) is 0 Å². The van der Waals surface area contributed by atoms with Crippen molar-refractivity contribution < 1.29 is 9.53 Å². The highest BCUT2D eigenvalue weighted by atomic mass is 32.1. The molecule has 0 saturated carbocycles. The first-order valence-electron chi connectivity index (χ1n) is 7.60. The summed E-state index contributed by atoms with van der Waals surface area (Å²) in [6.07, 6.45) is 3.04. The van der Waals surface area contributed by atoms with Crippen LogP contribution in [0.1, 0.15) is 18.2 Å². The van der Waals surface area contributed by atoms with Crippen LogP contribution < -0.4 is 5.32 Å². The molecule has 2 aromatic rings. The molecule has 1 saturated heterocycles. The lowest BCUT2D eigenvalue weighted by Crippen LogP contribution is -2.41. The van der Waals surface area contributed by atoms with E-state index in [2.05, 4.69) is 28.3 Å². The molecule has 0 radical (unpaired) electrons. The summed E-state index contributed by atoms with van der Waals surface area (Å²) >= 11 is 1.69. The molecule has 1 fully saturated rings. The maximum Gasteiger partial charge on any atom is 0.224 e. The Morgan fingerprint density at radius 3 is 3.00 bits per heavy atom. The highest BCUT2D eigenvalue weighted by molar-refractivity contribution is 7.18.